The van der Waals surface area contributed by atoms with E-state index in [1.54, 1.807) is 11.3 Å². The molecule has 0 saturated carbocycles. The number of nitrogens with one attached hydrogen (secondary N) is 2. The maximum atomic E-state index is 4.79. The molecular formula is C22H31IN6S. The average Bonchev–Trinajstić information content (AvgIpc) is 3.16. The molecule has 0 fully saturated rings. The molecule has 0 radical (unpaired) electrons. The lowest BCUT2D eigenvalue weighted by molar-refractivity contribution is 0.658. The number of thiazole rings is 1. The Bertz CT molecular complexity index is 958. The van der Waals surface area contributed by atoms with Gasteiger partial charge >= 0.3 is 0 Å². The van der Waals surface area contributed by atoms with Gasteiger partial charge in [0.1, 0.15) is 5.01 Å². The van der Waals surface area contributed by atoms with Gasteiger partial charge in [-0.3, -0.25) is 4.68 Å². The van der Waals surface area contributed by atoms with E-state index in [9.17, 15) is 0 Å². The SMILES string of the molecule is CCNC(=NCc1c(C)nn(Cc2ccccc2)c1C)NCc1nc(C)c(C)s1.I. The molecule has 30 heavy (non-hydrogen) atoms. The van der Waals surface area contributed by atoms with Crippen LogP contribution in [0.1, 0.15) is 45.0 Å². The summed E-state index contributed by atoms with van der Waals surface area (Å²) in [6, 6.07) is 10.4. The highest BCUT2D eigenvalue weighted by molar-refractivity contribution is 14.0. The zero-order valence-corrected chi connectivity index (χ0v) is 21.5. The number of aromatic nitrogens is 3. The summed E-state index contributed by atoms with van der Waals surface area (Å²) in [4.78, 5) is 10.6. The largest absolute Gasteiger partial charge is 0.357 e. The van der Waals surface area contributed by atoms with Gasteiger partial charge in [-0.1, -0.05) is 30.3 Å². The lowest BCUT2D eigenvalue weighted by atomic mass is 10.2. The van der Waals surface area contributed by atoms with E-state index < -0.39 is 0 Å². The van der Waals surface area contributed by atoms with Crippen molar-refractivity contribution in [1.29, 1.82) is 0 Å². The molecule has 1 aromatic carbocycles. The summed E-state index contributed by atoms with van der Waals surface area (Å²) >= 11 is 1.73. The predicted octanol–water partition coefficient (Wildman–Crippen LogP) is 4.49. The van der Waals surface area contributed by atoms with Crippen molar-refractivity contribution in [3.8, 4) is 0 Å². The number of hydrogen-bond acceptors (Lipinski definition) is 4. The van der Waals surface area contributed by atoms with E-state index in [1.165, 1.54) is 16.0 Å². The molecule has 0 atom stereocenters. The fraction of sp³-hybridized carbons (Fsp3) is 0.409. The van der Waals surface area contributed by atoms with Gasteiger partial charge in [0.25, 0.3) is 0 Å². The van der Waals surface area contributed by atoms with Crippen molar-refractivity contribution in [2.75, 3.05) is 6.54 Å². The number of benzene rings is 1. The molecule has 3 aromatic rings. The van der Waals surface area contributed by atoms with E-state index >= 15 is 0 Å². The van der Waals surface area contributed by atoms with E-state index in [0.29, 0.717) is 13.1 Å². The molecule has 8 heteroatoms. The summed E-state index contributed by atoms with van der Waals surface area (Å²) in [6.45, 7) is 13.3. The molecular weight excluding hydrogens is 507 g/mol. The van der Waals surface area contributed by atoms with Gasteiger partial charge in [0, 0.05) is 22.7 Å². The third kappa shape index (κ3) is 6.28. The molecule has 2 aromatic heterocycles. The third-order valence-corrected chi connectivity index (χ3v) is 6.00. The van der Waals surface area contributed by atoms with E-state index in [2.05, 4.69) is 72.3 Å². The second-order valence-corrected chi connectivity index (χ2v) is 8.38. The molecule has 6 nitrogen and oxygen atoms in total. The number of aliphatic imine (C=N–C) groups is 1. The maximum Gasteiger partial charge on any atom is 0.191 e. The van der Waals surface area contributed by atoms with E-state index in [1.807, 2.05) is 13.0 Å². The Balaban J connectivity index is 0.00000320. The first-order chi connectivity index (χ1) is 14.0. The van der Waals surface area contributed by atoms with Crippen molar-refractivity contribution in [3.05, 3.63) is 68.4 Å². The Morgan fingerprint density at radius 2 is 1.80 bits per heavy atom. The molecule has 0 saturated heterocycles. The minimum Gasteiger partial charge on any atom is -0.357 e. The third-order valence-electron chi connectivity index (χ3n) is 4.93. The summed E-state index contributed by atoms with van der Waals surface area (Å²) in [5.41, 5.74) is 5.73. The Labute approximate surface area is 200 Å². The summed E-state index contributed by atoms with van der Waals surface area (Å²) in [5.74, 6) is 0.799. The lowest BCUT2D eigenvalue weighted by Gasteiger charge is -2.10. The molecule has 0 spiro atoms. The van der Waals surface area contributed by atoms with Crippen LogP contribution in [-0.2, 0) is 19.6 Å². The molecule has 0 aliphatic rings. The molecule has 2 heterocycles. The van der Waals surface area contributed by atoms with Gasteiger partial charge in [-0.15, -0.1) is 35.3 Å². The minimum absolute atomic E-state index is 0. The Kier molecular flexibility index (Phi) is 9.29. The number of aryl methyl sites for hydroxylation is 3. The number of guanidine groups is 1. The number of halogens is 1. The van der Waals surface area contributed by atoms with Gasteiger partial charge in [-0.05, 0) is 40.2 Å². The second-order valence-electron chi connectivity index (χ2n) is 7.09. The first-order valence-electron chi connectivity index (χ1n) is 9.99. The van der Waals surface area contributed by atoms with Crippen molar-refractivity contribution in [2.45, 2.75) is 54.3 Å². The summed E-state index contributed by atoms with van der Waals surface area (Å²) in [5, 5.41) is 12.5. The van der Waals surface area contributed by atoms with Crippen LogP contribution in [0.4, 0.5) is 0 Å². The van der Waals surface area contributed by atoms with Crippen LogP contribution >= 0.6 is 35.3 Å². The van der Waals surface area contributed by atoms with Crippen LogP contribution in [0, 0.1) is 27.7 Å². The molecule has 0 amide bonds. The average molecular weight is 539 g/mol. The molecule has 0 unspecified atom stereocenters. The molecule has 3 rings (SSSR count). The van der Waals surface area contributed by atoms with Crippen LogP contribution < -0.4 is 10.6 Å². The van der Waals surface area contributed by atoms with Gasteiger partial charge in [-0.2, -0.15) is 5.10 Å². The van der Waals surface area contributed by atoms with E-state index in [-0.39, 0.29) is 24.0 Å². The van der Waals surface area contributed by atoms with E-state index in [4.69, 9.17) is 10.1 Å². The molecule has 0 bridgehead atoms. The Morgan fingerprint density at radius 3 is 2.43 bits per heavy atom. The Hall–Kier alpha value is -1.94. The molecule has 0 aliphatic carbocycles. The van der Waals surface area contributed by atoms with Crippen LogP contribution in [0.5, 0.6) is 0 Å². The number of hydrogen-bond donors (Lipinski definition) is 2. The summed E-state index contributed by atoms with van der Waals surface area (Å²) < 4.78 is 2.07. The zero-order chi connectivity index (χ0) is 20.8. The topological polar surface area (TPSA) is 67.1 Å². The summed E-state index contributed by atoms with van der Waals surface area (Å²) in [7, 11) is 0. The van der Waals surface area contributed by atoms with Crippen LogP contribution in [-0.4, -0.2) is 27.3 Å². The first-order valence-corrected chi connectivity index (χ1v) is 10.8. The highest BCUT2D eigenvalue weighted by Gasteiger charge is 2.12. The normalized spacial score (nSPS) is 11.3. The minimum atomic E-state index is 0. The maximum absolute atomic E-state index is 4.79. The lowest BCUT2D eigenvalue weighted by Crippen LogP contribution is -2.36. The van der Waals surface area contributed by atoms with Crippen LogP contribution in [0.25, 0.3) is 0 Å². The van der Waals surface area contributed by atoms with Gasteiger partial charge in [0.2, 0.25) is 0 Å². The van der Waals surface area contributed by atoms with Crippen LogP contribution in [0.15, 0.2) is 35.3 Å². The summed E-state index contributed by atoms with van der Waals surface area (Å²) in [6.07, 6.45) is 0. The first kappa shape index (κ1) is 24.3. The quantitative estimate of drug-likeness (QED) is 0.264. The highest BCUT2D eigenvalue weighted by Crippen LogP contribution is 2.17. The number of nitrogens with zero attached hydrogens (tertiary/aromatic N) is 4. The van der Waals surface area contributed by atoms with E-state index in [0.717, 1.165) is 41.1 Å². The highest BCUT2D eigenvalue weighted by atomic mass is 127. The van der Waals surface area contributed by atoms with Gasteiger partial charge in [0.05, 0.1) is 31.0 Å². The zero-order valence-electron chi connectivity index (χ0n) is 18.3. The van der Waals surface area contributed by atoms with Crippen molar-refractivity contribution >= 4 is 41.3 Å². The molecule has 0 aliphatic heterocycles. The standard InChI is InChI=1S/C22H30N6S.HI/c1-6-23-22(25-13-21-26-15(2)18(5)29-21)24-12-20-16(3)27-28(17(20)4)14-19-10-8-7-9-11-19;/h7-11H,6,12-14H2,1-5H3,(H2,23,24,25);1H. The fourth-order valence-corrected chi connectivity index (χ4v) is 4.02. The van der Waals surface area contributed by atoms with Crippen molar-refractivity contribution in [3.63, 3.8) is 0 Å². The van der Waals surface area contributed by atoms with Gasteiger partial charge in [0.15, 0.2) is 5.96 Å². The van der Waals surface area contributed by atoms with Crippen molar-refractivity contribution in [1.82, 2.24) is 25.4 Å². The van der Waals surface area contributed by atoms with Crippen LogP contribution in [0.2, 0.25) is 0 Å². The van der Waals surface area contributed by atoms with Gasteiger partial charge in [-0.25, -0.2) is 9.98 Å². The predicted molar refractivity (Wildman–Crippen MR) is 136 cm³/mol. The monoisotopic (exact) mass is 538 g/mol. The van der Waals surface area contributed by atoms with Gasteiger partial charge < -0.3 is 10.6 Å². The second kappa shape index (κ2) is 11.5. The smallest absolute Gasteiger partial charge is 0.191 e. The fourth-order valence-electron chi connectivity index (χ4n) is 3.15. The number of rotatable bonds is 7. The van der Waals surface area contributed by atoms with Crippen molar-refractivity contribution < 1.29 is 0 Å². The van der Waals surface area contributed by atoms with Crippen molar-refractivity contribution in [2.24, 2.45) is 4.99 Å². The molecule has 162 valence electrons. The molecule has 2 N–H and O–H groups in total. The Morgan fingerprint density at radius 1 is 1.07 bits per heavy atom. The van der Waals surface area contributed by atoms with Crippen LogP contribution in [0.3, 0.4) is 0 Å².